The van der Waals surface area contributed by atoms with E-state index in [9.17, 15) is 9.90 Å². The van der Waals surface area contributed by atoms with Crippen LogP contribution in [0.4, 0.5) is 5.69 Å². The molecule has 1 unspecified atom stereocenters. The fraction of sp³-hybridized carbons (Fsp3) is 0.385. The van der Waals surface area contributed by atoms with E-state index in [2.05, 4.69) is 4.98 Å². The van der Waals surface area contributed by atoms with Gasteiger partial charge in [-0.2, -0.15) is 0 Å². The van der Waals surface area contributed by atoms with Crippen molar-refractivity contribution >= 4 is 33.0 Å². The van der Waals surface area contributed by atoms with Crippen LogP contribution >= 0.6 is 11.3 Å². The van der Waals surface area contributed by atoms with E-state index in [1.54, 1.807) is 24.2 Å². The third-order valence-corrected chi connectivity index (χ3v) is 4.61. The molecular formula is C13H15N3O2S. The molecule has 0 radical (unpaired) electrons. The van der Waals surface area contributed by atoms with E-state index in [1.807, 2.05) is 6.07 Å². The van der Waals surface area contributed by atoms with Gasteiger partial charge in [0.2, 0.25) is 0 Å². The van der Waals surface area contributed by atoms with Crippen molar-refractivity contribution in [2.45, 2.75) is 18.9 Å². The number of hydrogen-bond acceptors (Lipinski definition) is 5. The largest absolute Gasteiger partial charge is 0.397 e. The van der Waals surface area contributed by atoms with Crippen LogP contribution in [0.2, 0.25) is 0 Å². The second-order valence-corrected chi connectivity index (χ2v) is 6.24. The lowest BCUT2D eigenvalue weighted by atomic mass is 10.1. The predicted octanol–water partition coefficient (Wildman–Crippen LogP) is 1.48. The Morgan fingerprint density at radius 1 is 1.63 bits per heavy atom. The Balaban J connectivity index is 1.96. The fourth-order valence-corrected chi connectivity index (χ4v) is 3.45. The van der Waals surface area contributed by atoms with Crippen LogP contribution in [0.1, 0.15) is 23.0 Å². The van der Waals surface area contributed by atoms with Gasteiger partial charge in [-0.15, -0.1) is 11.3 Å². The molecule has 0 bridgehead atoms. The van der Waals surface area contributed by atoms with E-state index < -0.39 is 5.60 Å². The minimum Gasteiger partial charge on any atom is -0.397 e. The van der Waals surface area contributed by atoms with Crippen LogP contribution in [0.15, 0.2) is 18.5 Å². The number of thiophene rings is 1. The molecule has 5 nitrogen and oxygen atoms in total. The number of nitrogen functional groups attached to an aromatic ring is 1. The average Bonchev–Trinajstić information content (AvgIpc) is 2.90. The summed E-state index contributed by atoms with van der Waals surface area (Å²) in [6.07, 6.45) is 3.98. The number of fused-ring (bicyclic) bond motifs is 1. The summed E-state index contributed by atoms with van der Waals surface area (Å²) in [5, 5.41) is 10.8. The number of rotatable bonds is 1. The highest BCUT2D eigenvalue weighted by Gasteiger charge is 2.35. The second kappa shape index (κ2) is 4.18. The first-order chi connectivity index (χ1) is 8.98. The highest BCUT2D eigenvalue weighted by molar-refractivity contribution is 7.21. The number of carbonyl (C=O) groups excluding carboxylic acids is 1. The summed E-state index contributed by atoms with van der Waals surface area (Å²) in [5.41, 5.74) is 5.77. The number of anilines is 1. The zero-order valence-electron chi connectivity index (χ0n) is 10.6. The van der Waals surface area contributed by atoms with Crippen molar-refractivity contribution in [3.63, 3.8) is 0 Å². The van der Waals surface area contributed by atoms with Crippen LogP contribution in [0, 0.1) is 0 Å². The van der Waals surface area contributed by atoms with E-state index >= 15 is 0 Å². The van der Waals surface area contributed by atoms with Crippen molar-refractivity contribution < 1.29 is 9.90 Å². The number of aromatic nitrogens is 1. The lowest BCUT2D eigenvalue weighted by Gasteiger charge is -2.18. The molecule has 2 aromatic rings. The van der Waals surface area contributed by atoms with Gasteiger partial charge in [-0.05, 0) is 19.4 Å². The maximum absolute atomic E-state index is 12.5. The summed E-state index contributed by atoms with van der Waals surface area (Å²) in [5.74, 6) is -0.100. The van der Waals surface area contributed by atoms with Crippen molar-refractivity contribution in [2.75, 3.05) is 18.8 Å². The second-order valence-electron chi connectivity index (χ2n) is 5.19. The summed E-state index contributed by atoms with van der Waals surface area (Å²) in [4.78, 5) is 18.7. The predicted molar refractivity (Wildman–Crippen MR) is 75.2 cm³/mol. The number of nitrogens with two attached hydrogens (primary N) is 1. The molecule has 19 heavy (non-hydrogen) atoms. The van der Waals surface area contributed by atoms with E-state index in [0.717, 1.165) is 10.1 Å². The Labute approximate surface area is 114 Å². The Kier molecular flexibility index (Phi) is 2.72. The Hall–Kier alpha value is -1.66. The van der Waals surface area contributed by atoms with Gasteiger partial charge >= 0.3 is 0 Å². The molecule has 0 saturated carbocycles. The van der Waals surface area contributed by atoms with Crippen LogP contribution in [-0.2, 0) is 0 Å². The van der Waals surface area contributed by atoms with E-state index in [0.29, 0.717) is 30.1 Å². The van der Waals surface area contributed by atoms with Crippen LogP contribution in [0.25, 0.3) is 10.1 Å². The average molecular weight is 277 g/mol. The molecule has 1 aliphatic heterocycles. The van der Waals surface area contributed by atoms with Gasteiger partial charge < -0.3 is 15.7 Å². The maximum Gasteiger partial charge on any atom is 0.266 e. The van der Waals surface area contributed by atoms with Gasteiger partial charge in [-0.1, -0.05) is 0 Å². The molecule has 3 heterocycles. The summed E-state index contributed by atoms with van der Waals surface area (Å²) >= 11 is 1.36. The monoisotopic (exact) mass is 277 g/mol. The molecule has 0 aliphatic carbocycles. The molecule has 3 N–H and O–H groups in total. The molecular weight excluding hydrogens is 262 g/mol. The fourth-order valence-electron chi connectivity index (χ4n) is 2.39. The zero-order valence-corrected chi connectivity index (χ0v) is 11.4. The molecule has 0 spiro atoms. The van der Waals surface area contributed by atoms with Crippen LogP contribution in [0.3, 0.4) is 0 Å². The number of pyridine rings is 1. The molecule has 1 fully saturated rings. The number of β-amino-alcohol motifs (C(OH)–C–C–N with tert-alkyl or cyclic N) is 1. The van der Waals surface area contributed by atoms with Crippen LogP contribution in [0.5, 0.6) is 0 Å². The molecule has 1 saturated heterocycles. The first-order valence-corrected chi connectivity index (χ1v) is 6.93. The number of amides is 1. The van der Waals surface area contributed by atoms with Gasteiger partial charge in [-0.3, -0.25) is 9.78 Å². The minimum atomic E-state index is -0.789. The normalized spacial score (nSPS) is 23.2. The standard InChI is InChI=1S/C13H15N3O2S/c1-13(18)3-5-16(7-13)12(17)11-10(14)8-2-4-15-6-9(8)19-11/h2,4,6,18H,3,5,7,14H2,1H3. The van der Waals surface area contributed by atoms with Gasteiger partial charge in [-0.25, -0.2) is 0 Å². The molecule has 1 amide bonds. The molecule has 1 aliphatic rings. The van der Waals surface area contributed by atoms with Gasteiger partial charge in [0.15, 0.2) is 0 Å². The lowest BCUT2D eigenvalue weighted by molar-refractivity contribution is 0.0575. The molecule has 0 aromatic carbocycles. The van der Waals surface area contributed by atoms with Gasteiger partial charge in [0, 0.05) is 30.9 Å². The van der Waals surface area contributed by atoms with Crippen LogP contribution in [-0.4, -0.2) is 39.6 Å². The third kappa shape index (κ3) is 2.06. The summed E-state index contributed by atoms with van der Waals surface area (Å²) < 4.78 is 0.911. The van der Waals surface area contributed by atoms with Crippen molar-refractivity contribution in [1.29, 1.82) is 0 Å². The minimum absolute atomic E-state index is 0.100. The number of hydrogen-bond donors (Lipinski definition) is 2. The first-order valence-electron chi connectivity index (χ1n) is 6.11. The zero-order chi connectivity index (χ0) is 13.6. The van der Waals surface area contributed by atoms with Crippen molar-refractivity contribution in [2.24, 2.45) is 0 Å². The third-order valence-electron chi connectivity index (χ3n) is 3.46. The van der Waals surface area contributed by atoms with Gasteiger partial charge in [0.25, 0.3) is 5.91 Å². The number of nitrogens with zero attached hydrogens (tertiary/aromatic N) is 2. The molecule has 1 atom stereocenters. The van der Waals surface area contributed by atoms with Crippen LogP contribution < -0.4 is 5.73 Å². The Morgan fingerprint density at radius 2 is 2.42 bits per heavy atom. The van der Waals surface area contributed by atoms with E-state index in [1.165, 1.54) is 11.3 Å². The highest BCUT2D eigenvalue weighted by atomic mass is 32.1. The topological polar surface area (TPSA) is 79.5 Å². The first kappa shape index (κ1) is 12.4. The molecule has 2 aromatic heterocycles. The molecule has 6 heteroatoms. The summed E-state index contributed by atoms with van der Waals surface area (Å²) in [7, 11) is 0. The van der Waals surface area contributed by atoms with E-state index in [-0.39, 0.29) is 5.91 Å². The van der Waals surface area contributed by atoms with Crippen molar-refractivity contribution in [3.05, 3.63) is 23.3 Å². The number of likely N-dealkylation sites (tertiary alicyclic amines) is 1. The Bertz CT molecular complexity index is 650. The number of aliphatic hydroxyl groups is 1. The highest BCUT2D eigenvalue weighted by Crippen LogP contribution is 2.34. The number of carbonyl (C=O) groups is 1. The smallest absolute Gasteiger partial charge is 0.266 e. The molecule has 3 rings (SSSR count). The summed E-state index contributed by atoms with van der Waals surface area (Å²) in [6.45, 7) is 2.67. The van der Waals surface area contributed by atoms with Crippen molar-refractivity contribution in [3.8, 4) is 0 Å². The van der Waals surface area contributed by atoms with E-state index in [4.69, 9.17) is 5.73 Å². The van der Waals surface area contributed by atoms with Crippen molar-refractivity contribution in [1.82, 2.24) is 9.88 Å². The Morgan fingerprint density at radius 3 is 3.05 bits per heavy atom. The maximum atomic E-state index is 12.5. The SMILES string of the molecule is CC1(O)CCN(C(=O)c2sc3cnccc3c2N)C1. The lowest BCUT2D eigenvalue weighted by Crippen LogP contribution is -2.33. The summed E-state index contributed by atoms with van der Waals surface area (Å²) in [6, 6.07) is 1.82. The van der Waals surface area contributed by atoms with Gasteiger partial charge in [0.1, 0.15) is 4.88 Å². The molecule has 100 valence electrons. The quantitative estimate of drug-likeness (QED) is 0.827. The van der Waals surface area contributed by atoms with Gasteiger partial charge in [0.05, 0.1) is 16.0 Å².